The van der Waals surface area contributed by atoms with Crippen LogP contribution in [-0.2, 0) is 4.79 Å². The van der Waals surface area contributed by atoms with Crippen molar-refractivity contribution in [1.29, 1.82) is 0 Å². The number of carbonyl (C=O) groups is 1. The second-order valence-corrected chi connectivity index (χ2v) is 6.18. The Bertz CT molecular complexity index is 987. The predicted molar refractivity (Wildman–Crippen MR) is 107 cm³/mol. The molecule has 4 rings (SSSR count). The molecule has 0 aliphatic carbocycles. The number of rotatable bonds is 3. The molecule has 0 N–H and O–H groups in total. The van der Waals surface area contributed by atoms with Crippen LogP contribution in [0.1, 0.15) is 12.5 Å². The van der Waals surface area contributed by atoms with Crippen molar-refractivity contribution in [3.8, 4) is 11.1 Å². The summed E-state index contributed by atoms with van der Waals surface area (Å²) in [5, 5.41) is 5.87. The van der Waals surface area contributed by atoms with Crippen molar-refractivity contribution >= 4 is 23.4 Å². The van der Waals surface area contributed by atoms with Crippen LogP contribution < -0.4 is 5.01 Å². The third-order valence-corrected chi connectivity index (χ3v) is 4.39. The molecule has 0 radical (unpaired) electrons. The summed E-state index contributed by atoms with van der Waals surface area (Å²) in [4.78, 5) is 12.8. The fourth-order valence-electron chi connectivity index (χ4n) is 3.00. The minimum absolute atomic E-state index is 0.0964. The van der Waals surface area contributed by atoms with Crippen LogP contribution in [0.15, 0.2) is 95.6 Å². The van der Waals surface area contributed by atoms with Crippen LogP contribution in [0.4, 0.5) is 5.69 Å². The van der Waals surface area contributed by atoms with Gasteiger partial charge < -0.3 is 0 Å². The van der Waals surface area contributed by atoms with Crippen LogP contribution in [0.25, 0.3) is 17.2 Å². The van der Waals surface area contributed by atoms with Gasteiger partial charge >= 0.3 is 0 Å². The highest BCUT2D eigenvalue weighted by atomic mass is 16.2. The Balaban J connectivity index is 1.61. The smallest absolute Gasteiger partial charge is 0.267 e. The largest absolute Gasteiger partial charge is 0.280 e. The Morgan fingerprint density at radius 2 is 1.35 bits per heavy atom. The number of hydrogen-bond donors (Lipinski definition) is 0. The van der Waals surface area contributed by atoms with E-state index in [1.54, 1.807) is 0 Å². The van der Waals surface area contributed by atoms with Gasteiger partial charge in [0.1, 0.15) is 0 Å². The van der Waals surface area contributed by atoms with E-state index in [0.29, 0.717) is 5.57 Å². The van der Waals surface area contributed by atoms with Crippen molar-refractivity contribution in [3.63, 3.8) is 0 Å². The average molecular weight is 338 g/mol. The molecule has 26 heavy (non-hydrogen) atoms. The number of para-hydroxylation sites is 1. The maximum atomic E-state index is 12.8. The molecule has 1 aliphatic rings. The molecule has 0 spiro atoms. The Morgan fingerprint density at radius 1 is 0.769 bits per heavy atom. The van der Waals surface area contributed by atoms with Crippen LogP contribution in [0.2, 0.25) is 0 Å². The Labute approximate surface area is 152 Å². The van der Waals surface area contributed by atoms with E-state index in [1.165, 1.54) is 10.6 Å². The Morgan fingerprint density at radius 3 is 2.00 bits per heavy atom. The molecular formula is C23H18N2O. The molecule has 0 aromatic heterocycles. The lowest BCUT2D eigenvalue weighted by atomic mass is 10.0. The van der Waals surface area contributed by atoms with Crippen molar-refractivity contribution in [1.82, 2.24) is 0 Å². The summed E-state index contributed by atoms with van der Waals surface area (Å²) in [6, 6.07) is 27.9. The molecule has 0 saturated heterocycles. The molecule has 3 heteroatoms. The van der Waals surface area contributed by atoms with Crippen molar-refractivity contribution in [2.24, 2.45) is 5.10 Å². The molecule has 0 unspecified atom stereocenters. The molecule has 126 valence electrons. The first kappa shape index (κ1) is 16.0. The summed E-state index contributed by atoms with van der Waals surface area (Å²) in [5.41, 5.74) is 5.45. The molecular weight excluding hydrogens is 320 g/mol. The van der Waals surface area contributed by atoms with Crippen molar-refractivity contribution in [2.75, 3.05) is 5.01 Å². The van der Waals surface area contributed by atoms with E-state index in [-0.39, 0.29) is 5.91 Å². The molecule has 3 aromatic rings. The van der Waals surface area contributed by atoms with Gasteiger partial charge in [0.25, 0.3) is 5.91 Å². The van der Waals surface area contributed by atoms with Gasteiger partial charge in [-0.05, 0) is 41.8 Å². The number of nitrogens with zero attached hydrogens (tertiary/aromatic N) is 2. The monoisotopic (exact) mass is 338 g/mol. The lowest BCUT2D eigenvalue weighted by Crippen LogP contribution is -2.21. The first-order valence-corrected chi connectivity index (χ1v) is 8.55. The maximum Gasteiger partial charge on any atom is 0.280 e. The summed E-state index contributed by atoms with van der Waals surface area (Å²) in [5.74, 6) is -0.0964. The lowest BCUT2D eigenvalue weighted by Gasteiger charge is -2.11. The summed E-state index contributed by atoms with van der Waals surface area (Å²) < 4.78 is 0. The molecule has 0 fully saturated rings. The summed E-state index contributed by atoms with van der Waals surface area (Å²) in [7, 11) is 0. The minimum atomic E-state index is -0.0964. The molecule has 1 amide bonds. The molecule has 0 bridgehead atoms. The van der Waals surface area contributed by atoms with Crippen LogP contribution in [0.3, 0.4) is 0 Å². The first-order valence-electron chi connectivity index (χ1n) is 8.55. The second kappa shape index (κ2) is 6.81. The van der Waals surface area contributed by atoms with Crippen LogP contribution >= 0.6 is 0 Å². The van der Waals surface area contributed by atoms with E-state index in [0.717, 1.165) is 22.5 Å². The molecule has 3 aromatic carbocycles. The highest BCUT2D eigenvalue weighted by Crippen LogP contribution is 2.25. The van der Waals surface area contributed by atoms with Gasteiger partial charge in [0.15, 0.2) is 0 Å². The van der Waals surface area contributed by atoms with Gasteiger partial charge in [-0.15, -0.1) is 0 Å². The SMILES string of the molecule is CC1=NN(c2ccccc2)C(=O)/C1=C\c1ccc(-c2ccccc2)cc1. The average Bonchev–Trinajstić information content (AvgIpc) is 2.98. The standard InChI is InChI=1S/C23H18N2O/c1-17-22(23(26)25(24-17)21-10-6-3-7-11-21)16-18-12-14-20(15-13-18)19-8-4-2-5-9-19/h2-16H,1H3/b22-16-. The fraction of sp³-hybridized carbons (Fsp3) is 0.0435. The topological polar surface area (TPSA) is 32.7 Å². The van der Waals surface area contributed by atoms with Crippen LogP contribution in [-0.4, -0.2) is 11.6 Å². The number of hydrazone groups is 1. The van der Waals surface area contributed by atoms with Crippen molar-refractivity contribution in [3.05, 3.63) is 96.1 Å². The number of benzene rings is 3. The van der Waals surface area contributed by atoms with Gasteiger partial charge in [0.2, 0.25) is 0 Å². The normalized spacial score (nSPS) is 15.4. The zero-order chi connectivity index (χ0) is 17.9. The van der Waals surface area contributed by atoms with Crippen molar-refractivity contribution in [2.45, 2.75) is 6.92 Å². The van der Waals surface area contributed by atoms with Crippen LogP contribution in [0.5, 0.6) is 0 Å². The molecule has 3 nitrogen and oxygen atoms in total. The van der Waals surface area contributed by atoms with Gasteiger partial charge in [-0.3, -0.25) is 4.79 Å². The highest BCUT2D eigenvalue weighted by molar-refractivity contribution is 6.32. The quantitative estimate of drug-likeness (QED) is 0.607. The predicted octanol–water partition coefficient (Wildman–Crippen LogP) is 5.16. The van der Waals surface area contributed by atoms with Gasteiger partial charge in [-0.1, -0.05) is 72.8 Å². The van der Waals surface area contributed by atoms with E-state index in [4.69, 9.17) is 0 Å². The molecule has 1 aliphatic heterocycles. The van der Waals surface area contributed by atoms with E-state index < -0.39 is 0 Å². The molecule has 0 atom stereocenters. The zero-order valence-electron chi connectivity index (χ0n) is 14.5. The third kappa shape index (κ3) is 3.07. The number of amides is 1. The second-order valence-electron chi connectivity index (χ2n) is 6.18. The maximum absolute atomic E-state index is 12.8. The summed E-state index contributed by atoms with van der Waals surface area (Å²) in [6.45, 7) is 1.87. The number of carbonyl (C=O) groups excluding carboxylic acids is 1. The first-order chi connectivity index (χ1) is 12.7. The van der Waals surface area contributed by atoms with Crippen LogP contribution in [0, 0.1) is 0 Å². The van der Waals surface area contributed by atoms with Gasteiger partial charge in [-0.2, -0.15) is 10.1 Å². The third-order valence-electron chi connectivity index (χ3n) is 4.39. The Hall–Kier alpha value is -3.46. The number of anilines is 1. The Kier molecular flexibility index (Phi) is 4.20. The summed E-state index contributed by atoms with van der Waals surface area (Å²) >= 11 is 0. The molecule has 1 heterocycles. The van der Waals surface area contributed by atoms with Crippen molar-refractivity contribution < 1.29 is 4.79 Å². The molecule has 0 saturated carbocycles. The van der Waals surface area contributed by atoms with Gasteiger partial charge in [-0.25, -0.2) is 0 Å². The lowest BCUT2D eigenvalue weighted by molar-refractivity contribution is -0.114. The van der Waals surface area contributed by atoms with E-state index >= 15 is 0 Å². The van der Waals surface area contributed by atoms with E-state index in [1.807, 2.05) is 73.7 Å². The minimum Gasteiger partial charge on any atom is -0.267 e. The van der Waals surface area contributed by atoms with E-state index in [2.05, 4.69) is 29.4 Å². The summed E-state index contributed by atoms with van der Waals surface area (Å²) in [6.07, 6.45) is 1.90. The fourth-order valence-corrected chi connectivity index (χ4v) is 3.00. The number of hydrogen-bond acceptors (Lipinski definition) is 2. The van der Waals surface area contributed by atoms with Gasteiger partial charge in [0, 0.05) is 0 Å². The highest BCUT2D eigenvalue weighted by Gasteiger charge is 2.28. The van der Waals surface area contributed by atoms with Gasteiger partial charge in [0.05, 0.1) is 17.0 Å². The zero-order valence-corrected chi connectivity index (χ0v) is 14.5. The van der Waals surface area contributed by atoms with E-state index in [9.17, 15) is 4.79 Å².